The largest absolute Gasteiger partial charge is 0.504 e. The molecule has 8 nitrogen and oxygen atoms in total. The molecule has 0 saturated heterocycles. The van der Waals surface area contributed by atoms with Crippen molar-refractivity contribution in [3.63, 3.8) is 0 Å². The van der Waals surface area contributed by atoms with Crippen molar-refractivity contribution in [2.24, 2.45) is 0 Å². The maximum Gasteiger partial charge on any atom is 0.340 e. The lowest BCUT2D eigenvalue weighted by Crippen LogP contribution is -2.27. The second kappa shape index (κ2) is 8.48. The number of aromatic hydroxyl groups is 1. The number of nitrogens with one attached hydrogen (secondary N) is 1. The van der Waals surface area contributed by atoms with Gasteiger partial charge in [0.25, 0.3) is 0 Å². The lowest BCUT2D eigenvalue weighted by molar-refractivity contribution is -0.120. The fourth-order valence-corrected chi connectivity index (χ4v) is 2.59. The summed E-state index contributed by atoms with van der Waals surface area (Å²) >= 11 is 0. The topological polar surface area (TPSA) is 115 Å². The van der Waals surface area contributed by atoms with E-state index in [0.717, 1.165) is 0 Å². The second-order valence-electron chi connectivity index (χ2n) is 5.60. The minimum atomic E-state index is -0.725. The summed E-state index contributed by atoms with van der Waals surface area (Å²) in [5, 5.41) is 13.3. The van der Waals surface area contributed by atoms with Gasteiger partial charge < -0.3 is 24.3 Å². The number of phenolic OH excluding ortho intramolecular Hbond substituents is 1. The molecular formula is C18H21NO7. The maximum absolute atomic E-state index is 12.3. The first kappa shape index (κ1) is 19.5. The number of aldehydes is 1. The second-order valence-corrected chi connectivity index (χ2v) is 5.60. The van der Waals surface area contributed by atoms with Gasteiger partial charge >= 0.3 is 5.63 Å². The minimum absolute atomic E-state index is 0.0428. The summed E-state index contributed by atoms with van der Waals surface area (Å²) in [7, 11) is 1.51. The number of hydrogen-bond acceptors (Lipinski definition) is 7. The Hall–Kier alpha value is -2.87. The molecule has 140 valence electrons. The molecule has 1 heterocycles. The monoisotopic (exact) mass is 363 g/mol. The molecule has 26 heavy (non-hydrogen) atoms. The molecule has 0 bridgehead atoms. The Labute approximate surface area is 149 Å². The van der Waals surface area contributed by atoms with E-state index in [0.29, 0.717) is 30.4 Å². The number of carbonyl (C=O) groups excluding carboxylic acids is 2. The predicted octanol–water partition coefficient (Wildman–Crippen LogP) is 1.32. The Balaban J connectivity index is 2.62. The van der Waals surface area contributed by atoms with Crippen LogP contribution < -0.4 is 15.7 Å². The van der Waals surface area contributed by atoms with E-state index < -0.39 is 11.4 Å². The number of carbonyl (C=O) groups is 2. The molecule has 2 aromatic rings. The van der Waals surface area contributed by atoms with Crippen LogP contribution in [0.2, 0.25) is 0 Å². The number of fused-ring (bicyclic) bond motifs is 1. The van der Waals surface area contributed by atoms with Gasteiger partial charge in [0.1, 0.15) is 12.2 Å². The molecule has 1 amide bonds. The van der Waals surface area contributed by atoms with Crippen LogP contribution in [-0.2, 0) is 16.0 Å². The molecule has 0 atom stereocenters. The number of amides is 1. The Morgan fingerprint density at radius 2 is 2.12 bits per heavy atom. The van der Waals surface area contributed by atoms with Crippen LogP contribution in [0, 0.1) is 6.92 Å². The van der Waals surface area contributed by atoms with Gasteiger partial charge in [0.2, 0.25) is 5.91 Å². The van der Waals surface area contributed by atoms with E-state index >= 15 is 0 Å². The first-order chi connectivity index (χ1) is 12.4. The van der Waals surface area contributed by atoms with E-state index in [1.54, 1.807) is 13.8 Å². The van der Waals surface area contributed by atoms with Crippen molar-refractivity contribution >= 4 is 23.2 Å². The van der Waals surface area contributed by atoms with Crippen molar-refractivity contribution in [2.75, 3.05) is 26.9 Å². The highest BCUT2D eigenvalue weighted by atomic mass is 16.5. The smallest absolute Gasteiger partial charge is 0.340 e. The summed E-state index contributed by atoms with van der Waals surface area (Å²) in [6, 6.07) is 1.48. The van der Waals surface area contributed by atoms with Gasteiger partial charge in [-0.05, 0) is 25.5 Å². The lowest BCUT2D eigenvalue weighted by Gasteiger charge is -2.13. The lowest BCUT2D eigenvalue weighted by atomic mass is 10.0. The summed E-state index contributed by atoms with van der Waals surface area (Å²) in [5.74, 6) is -0.659. The molecule has 0 unspecified atom stereocenters. The SMILES string of the molecule is CCNC(=O)Cc1c(C)c2cc(OCCOC)c(O)c(C=O)c2oc1=O. The van der Waals surface area contributed by atoms with Gasteiger partial charge in [0, 0.05) is 19.0 Å². The van der Waals surface area contributed by atoms with Crippen LogP contribution in [0.1, 0.15) is 28.4 Å². The third-order valence-corrected chi connectivity index (χ3v) is 3.93. The zero-order valence-corrected chi connectivity index (χ0v) is 14.9. The van der Waals surface area contributed by atoms with Crippen LogP contribution >= 0.6 is 0 Å². The van der Waals surface area contributed by atoms with Crippen molar-refractivity contribution in [2.45, 2.75) is 20.3 Å². The number of likely N-dealkylation sites (N-methyl/N-ethyl adjacent to an activating group) is 1. The first-order valence-corrected chi connectivity index (χ1v) is 8.10. The summed E-state index contributed by atoms with van der Waals surface area (Å²) in [6.07, 6.45) is 0.252. The fraction of sp³-hybridized carbons (Fsp3) is 0.389. The number of phenols is 1. The summed E-state index contributed by atoms with van der Waals surface area (Å²) in [6.45, 7) is 4.32. The third kappa shape index (κ3) is 3.85. The van der Waals surface area contributed by atoms with Crippen molar-refractivity contribution in [3.8, 4) is 11.5 Å². The average Bonchev–Trinajstić information content (AvgIpc) is 2.60. The van der Waals surface area contributed by atoms with Gasteiger partial charge in [-0.1, -0.05) is 0 Å². The minimum Gasteiger partial charge on any atom is -0.504 e. The number of ether oxygens (including phenoxy) is 2. The van der Waals surface area contributed by atoms with Crippen LogP contribution in [0.15, 0.2) is 15.3 Å². The highest BCUT2D eigenvalue weighted by Gasteiger charge is 2.21. The van der Waals surface area contributed by atoms with Gasteiger partial charge in [-0.25, -0.2) is 4.79 Å². The van der Waals surface area contributed by atoms with Crippen molar-refractivity contribution in [3.05, 3.63) is 33.2 Å². The van der Waals surface area contributed by atoms with Crippen molar-refractivity contribution in [1.29, 1.82) is 0 Å². The normalized spacial score (nSPS) is 10.7. The first-order valence-electron chi connectivity index (χ1n) is 8.10. The van der Waals surface area contributed by atoms with Crippen LogP contribution in [0.3, 0.4) is 0 Å². The molecule has 0 spiro atoms. The van der Waals surface area contributed by atoms with Gasteiger partial charge in [0.05, 0.1) is 18.6 Å². The molecule has 0 aliphatic heterocycles. The van der Waals surface area contributed by atoms with Crippen molar-refractivity contribution in [1.82, 2.24) is 5.32 Å². The number of rotatable bonds is 8. The predicted molar refractivity (Wildman–Crippen MR) is 94.0 cm³/mol. The quantitative estimate of drug-likeness (QED) is 0.413. The van der Waals surface area contributed by atoms with Gasteiger partial charge in [-0.2, -0.15) is 0 Å². The third-order valence-electron chi connectivity index (χ3n) is 3.93. The molecule has 8 heteroatoms. The van der Waals surface area contributed by atoms with E-state index in [1.807, 2.05) is 0 Å². The summed E-state index contributed by atoms with van der Waals surface area (Å²) < 4.78 is 15.6. The van der Waals surface area contributed by atoms with Crippen LogP contribution in [0.5, 0.6) is 11.5 Å². The molecule has 0 saturated carbocycles. The maximum atomic E-state index is 12.3. The Bertz CT molecular complexity index is 885. The van der Waals surface area contributed by atoms with E-state index in [2.05, 4.69) is 5.32 Å². The number of methoxy groups -OCH3 is 1. The molecule has 0 fully saturated rings. The molecular weight excluding hydrogens is 342 g/mol. The number of benzene rings is 1. The molecule has 1 aromatic carbocycles. The zero-order valence-electron chi connectivity index (χ0n) is 14.9. The zero-order chi connectivity index (χ0) is 19.3. The summed E-state index contributed by atoms with van der Waals surface area (Å²) in [5.41, 5.74) is -0.272. The van der Waals surface area contributed by atoms with Gasteiger partial charge in [0.15, 0.2) is 23.4 Å². The molecule has 0 aliphatic carbocycles. The summed E-state index contributed by atoms with van der Waals surface area (Å²) in [4.78, 5) is 35.5. The molecule has 0 aliphatic rings. The van der Waals surface area contributed by atoms with E-state index in [4.69, 9.17) is 13.9 Å². The molecule has 0 radical (unpaired) electrons. The Morgan fingerprint density at radius 1 is 1.38 bits per heavy atom. The van der Waals surface area contributed by atoms with Crippen LogP contribution in [-0.4, -0.2) is 44.2 Å². The Morgan fingerprint density at radius 3 is 2.73 bits per heavy atom. The molecule has 1 aromatic heterocycles. The molecule has 2 N–H and O–H groups in total. The average molecular weight is 363 g/mol. The number of aryl methyl sites for hydroxylation is 1. The Kier molecular flexibility index (Phi) is 6.35. The standard InChI is InChI=1S/C18H21NO7/c1-4-19-15(21)8-12-10(2)11-7-14(25-6-5-24-3)16(22)13(9-20)17(11)26-18(12)23/h7,9,22H,4-6,8H2,1-3H3,(H,19,21). The fourth-order valence-electron chi connectivity index (χ4n) is 2.59. The number of hydrogen-bond donors (Lipinski definition) is 2. The van der Waals surface area contributed by atoms with E-state index in [1.165, 1.54) is 13.2 Å². The van der Waals surface area contributed by atoms with E-state index in [-0.39, 0.29) is 41.4 Å². The highest BCUT2D eigenvalue weighted by molar-refractivity contribution is 6.00. The van der Waals surface area contributed by atoms with Crippen LogP contribution in [0.4, 0.5) is 0 Å². The van der Waals surface area contributed by atoms with Gasteiger partial charge in [-0.3, -0.25) is 9.59 Å². The van der Waals surface area contributed by atoms with Gasteiger partial charge in [-0.15, -0.1) is 0 Å². The highest BCUT2D eigenvalue weighted by Crippen LogP contribution is 2.37. The van der Waals surface area contributed by atoms with Crippen LogP contribution in [0.25, 0.3) is 11.0 Å². The van der Waals surface area contributed by atoms with Crippen molar-refractivity contribution < 1.29 is 28.6 Å². The molecule has 2 rings (SSSR count). The van der Waals surface area contributed by atoms with E-state index in [9.17, 15) is 19.5 Å².